The first-order chi connectivity index (χ1) is 4.00. The summed E-state index contributed by atoms with van der Waals surface area (Å²) in [7, 11) is 0. The maximum atomic E-state index is 8.64. The van der Waals surface area contributed by atoms with Crippen LogP contribution in [0.15, 0.2) is 0 Å². The largest absolute Gasteiger partial charge is 2.00 e. The van der Waals surface area contributed by atoms with Gasteiger partial charge in [-0.3, -0.25) is 0 Å². The van der Waals surface area contributed by atoms with Gasteiger partial charge in [-0.1, -0.05) is 0 Å². The van der Waals surface area contributed by atoms with E-state index in [2.05, 4.69) is 0 Å². The minimum absolute atomic E-state index is 0. The summed E-state index contributed by atoms with van der Waals surface area (Å²) in [5.41, 5.74) is 0. The normalized spacial score (nSPS) is 9.08. The molecule has 13 heteroatoms. The average molecular weight is 993 g/mol. The first-order valence-corrected chi connectivity index (χ1v) is 9.80. The molecule has 0 fully saturated rings. The summed E-state index contributed by atoms with van der Waals surface area (Å²) in [6, 6.07) is 0. The molecule has 0 amide bonds. The van der Waals surface area contributed by atoms with Gasteiger partial charge in [0.05, 0.1) is 0 Å². The van der Waals surface area contributed by atoms with E-state index in [1.807, 2.05) is 0 Å². The van der Waals surface area contributed by atoms with Gasteiger partial charge in [-0.15, -0.1) is 0 Å². The molecular formula is O8Pb3Sb2. The molecule has 0 aromatic rings. The molecule has 0 bridgehead atoms. The van der Waals surface area contributed by atoms with Gasteiger partial charge in [-0.2, -0.15) is 0 Å². The van der Waals surface area contributed by atoms with Crippen molar-refractivity contribution < 1.29 is 26.3 Å². The van der Waals surface area contributed by atoms with Gasteiger partial charge in [-0.25, -0.2) is 0 Å². The van der Waals surface area contributed by atoms with Gasteiger partial charge in [0.25, 0.3) is 0 Å². The first-order valence-electron chi connectivity index (χ1n) is 1.46. The Bertz CT molecular complexity index is 130. The van der Waals surface area contributed by atoms with Gasteiger partial charge in [0.15, 0.2) is 0 Å². The van der Waals surface area contributed by atoms with E-state index in [9.17, 15) is 0 Å². The molecule has 6 radical (unpaired) electrons. The Balaban J connectivity index is -0.0000000267. The van der Waals surface area contributed by atoms with Crippen LogP contribution in [0.1, 0.15) is 0 Å². The summed E-state index contributed by atoms with van der Waals surface area (Å²) in [5.74, 6) is 0. The van der Waals surface area contributed by atoms with Crippen molar-refractivity contribution in [2.75, 3.05) is 0 Å². The molecule has 0 heterocycles. The molecular weight excluding hydrogens is 993 g/mol. The SMILES string of the molecule is [O]=[Sb]([O-])([O-])[O-].[O]=[Sb]([O-])([O-])[O-].[Pb+2].[Pb+2].[Pb+2]. The maximum Gasteiger partial charge on any atom is 2.00 e. The molecule has 0 aliphatic carbocycles. The first kappa shape index (κ1) is 30.1. The third-order valence-corrected chi connectivity index (χ3v) is 0. The number of hydrogen-bond donors (Lipinski definition) is 0. The molecule has 0 N–H and O–H groups in total. The van der Waals surface area contributed by atoms with Gasteiger partial charge in [0, 0.05) is 0 Å². The van der Waals surface area contributed by atoms with Crippen LogP contribution >= 0.6 is 0 Å². The molecule has 0 saturated heterocycles. The van der Waals surface area contributed by atoms with Gasteiger partial charge in [-0.05, 0) is 0 Å². The van der Waals surface area contributed by atoms with E-state index in [4.69, 9.17) is 26.3 Å². The zero-order chi connectivity index (χ0) is 9.00. The molecule has 70 valence electrons. The number of hydrogen-bond acceptors (Lipinski definition) is 8. The second kappa shape index (κ2) is 13.8. The zero-order valence-corrected chi connectivity index (χ0v) is 22.4. The van der Waals surface area contributed by atoms with Gasteiger partial charge in [0.1, 0.15) is 0 Å². The fourth-order valence-corrected chi connectivity index (χ4v) is 0. The second-order valence-corrected chi connectivity index (χ2v) is 6.00. The standard InChI is InChI=1S/8O.3Pb.2Sb/q;;6*-1;3*+2;;. The smallest absolute Gasteiger partial charge is 2.00 e. The molecule has 0 saturated carbocycles. The van der Waals surface area contributed by atoms with E-state index in [1.165, 1.54) is 0 Å². The molecule has 8 nitrogen and oxygen atoms in total. The van der Waals surface area contributed by atoms with Crippen molar-refractivity contribution in [1.29, 1.82) is 0 Å². The summed E-state index contributed by atoms with van der Waals surface area (Å²) in [6.07, 6.45) is 0. The molecule has 0 rings (SSSR count). The quantitative estimate of drug-likeness (QED) is 0.216. The predicted molar refractivity (Wildman–Crippen MR) is 30.1 cm³/mol. The fourth-order valence-electron chi connectivity index (χ4n) is 0. The molecule has 13 heavy (non-hydrogen) atoms. The zero-order valence-electron chi connectivity index (χ0n) is 5.66. The minimum Gasteiger partial charge on any atom is 2.00 e. The van der Waals surface area contributed by atoms with E-state index in [0.29, 0.717) is 0 Å². The second-order valence-electron chi connectivity index (χ2n) is 0.894. The average Bonchev–Trinajstić information content (AvgIpc) is 1.12. The number of rotatable bonds is 0. The van der Waals surface area contributed by atoms with Crippen LogP contribution in [0.4, 0.5) is 0 Å². The van der Waals surface area contributed by atoms with E-state index < -0.39 is 40.1 Å². The van der Waals surface area contributed by atoms with Crippen LogP contribution in [-0.4, -0.2) is 122 Å². The van der Waals surface area contributed by atoms with E-state index in [1.54, 1.807) is 0 Å². The Morgan fingerprint density at radius 2 is 0.538 bits per heavy atom. The molecule has 0 aromatic heterocycles. The third kappa shape index (κ3) is 211. The molecule has 0 aromatic carbocycles. The van der Waals surface area contributed by atoms with Crippen molar-refractivity contribution in [3.8, 4) is 0 Å². The molecule has 0 unspecified atom stereocenters. The van der Waals surface area contributed by atoms with Gasteiger partial charge >= 0.3 is 148 Å². The van der Waals surface area contributed by atoms with Crippen molar-refractivity contribution in [1.82, 2.24) is 0 Å². The third-order valence-electron chi connectivity index (χ3n) is 0. The Labute approximate surface area is 145 Å². The van der Waals surface area contributed by atoms with Crippen molar-refractivity contribution in [3.63, 3.8) is 0 Å². The van der Waals surface area contributed by atoms with Crippen LogP contribution in [0.2, 0.25) is 0 Å². The summed E-state index contributed by atoms with van der Waals surface area (Å²) in [4.78, 5) is 0. The van der Waals surface area contributed by atoms with Gasteiger partial charge in [0.2, 0.25) is 0 Å². The summed E-state index contributed by atoms with van der Waals surface area (Å²) >= 11 is -12.2. The van der Waals surface area contributed by atoms with Gasteiger partial charge < -0.3 is 0 Å². The molecule has 0 spiro atoms. The van der Waals surface area contributed by atoms with E-state index in [-0.39, 0.29) is 81.9 Å². The van der Waals surface area contributed by atoms with Crippen molar-refractivity contribution in [2.24, 2.45) is 0 Å². The Kier molecular flexibility index (Phi) is 32.0. The van der Waals surface area contributed by atoms with Crippen LogP contribution < -0.4 is 20.3 Å². The van der Waals surface area contributed by atoms with Crippen molar-refractivity contribution in [3.05, 3.63) is 0 Å². The molecule has 0 aliphatic rings. The predicted octanol–water partition coefficient (Wildman–Crippen LogP) is -9.28. The van der Waals surface area contributed by atoms with Crippen LogP contribution in [0.25, 0.3) is 0 Å². The monoisotopic (exact) mass is 994 g/mol. The summed E-state index contributed by atoms with van der Waals surface area (Å²) in [5, 5.41) is 0. The Hall–Kier alpha value is 3.76. The summed E-state index contributed by atoms with van der Waals surface area (Å²) < 4.78 is 69.1. The Morgan fingerprint density at radius 3 is 0.538 bits per heavy atom. The minimum atomic E-state index is -6.10. The summed E-state index contributed by atoms with van der Waals surface area (Å²) in [6.45, 7) is 0. The van der Waals surface area contributed by atoms with Crippen molar-refractivity contribution in [2.45, 2.75) is 0 Å². The van der Waals surface area contributed by atoms with E-state index >= 15 is 0 Å². The molecule has 0 aliphatic heterocycles. The molecule has 0 atom stereocenters. The van der Waals surface area contributed by atoms with Crippen LogP contribution in [0.3, 0.4) is 0 Å². The maximum absolute atomic E-state index is 8.64. The van der Waals surface area contributed by atoms with Crippen molar-refractivity contribution >= 4 is 122 Å². The topological polar surface area (TPSA) is 172 Å². The van der Waals surface area contributed by atoms with Crippen LogP contribution in [0, 0.1) is 0 Å². The fraction of sp³-hybridized carbons (Fsp3) is 0. The van der Waals surface area contributed by atoms with E-state index in [0.717, 1.165) is 0 Å². The Morgan fingerprint density at radius 1 is 0.538 bits per heavy atom. The van der Waals surface area contributed by atoms with Crippen LogP contribution in [-0.2, 0) is 6.03 Å². The van der Waals surface area contributed by atoms with Crippen LogP contribution in [0.5, 0.6) is 0 Å².